The van der Waals surface area contributed by atoms with Crippen molar-refractivity contribution in [1.29, 1.82) is 0 Å². The summed E-state index contributed by atoms with van der Waals surface area (Å²) in [5.74, 6) is -0.912. The first-order chi connectivity index (χ1) is 8.24. The van der Waals surface area contributed by atoms with Crippen molar-refractivity contribution < 1.29 is 19.1 Å². The molecular formula is C14H18O4. The molecule has 0 N–H and O–H groups in total. The highest BCUT2D eigenvalue weighted by molar-refractivity contribution is 5.96. The monoisotopic (exact) mass is 250 g/mol. The van der Waals surface area contributed by atoms with E-state index in [4.69, 9.17) is 4.74 Å². The maximum absolute atomic E-state index is 12.0. The number of aryl methyl sites for hydroxylation is 1. The minimum absolute atomic E-state index is 0.337. The minimum atomic E-state index is -0.565. The first-order valence-corrected chi connectivity index (χ1v) is 5.67. The molecule has 18 heavy (non-hydrogen) atoms. The van der Waals surface area contributed by atoms with Crippen LogP contribution in [0.4, 0.5) is 0 Å². The third-order valence-corrected chi connectivity index (χ3v) is 2.28. The van der Waals surface area contributed by atoms with Crippen molar-refractivity contribution in [1.82, 2.24) is 0 Å². The van der Waals surface area contributed by atoms with Gasteiger partial charge in [0.2, 0.25) is 0 Å². The van der Waals surface area contributed by atoms with Crippen molar-refractivity contribution in [2.75, 3.05) is 7.11 Å². The number of hydrogen-bond acceptors (Lipinski definition) is 4. The molecule has 4 heteroatoms. The van der Waals surface area contributed by atoms with E-state index in [0.717, 1.165) is 5.56 Å². The molecule has 0 heterocycles. The predicted octanol–water partition coefficient (Wildman–Crippen LogP) is 2.74. The highest BCUT2D eigenvalue weighted by Crippen LogP contribution is 2.17. The van der Waals surface area contributed by atoms with Gasteiger partial charge < -0.3 is 9.47 Å². The number of benzene rings is 1. The fraction of sp³-hybridized carbons (Fsp3) is 0.429. The number of ether oxygens (including phenoxy) is 2. The van der Waals surface area contributed by atoms with Crippen LogP contribution in [-0.4, -0.2) is 24.6 Å². The Labute approximate surface area is 107 Å². The highest BCUT2D eigenvalue weighted by Gasteiger charge is 2.20. The summed E-state index contributed by atoms with van der Waals surface area (Å²) in [5, 5.41) is 0. The number of carbonyl (C=O) groups is 2. The summed E-state index contributed by atoms with van der Waals surface area (Å²) in [6, 6.07) is 4.82. The largest absolute Gasteiger partial charge is 0.465 e. The molecule has 4 nitrogen and oxygen atoms in total. The van der Waals surface area contributed by atoms with E-state index in [0.29, 0.717) is 11.1 Å². The van der Waals surface area contributed by atoms with Crippen LogP contribution >= 0.6 is 0 Å². The zero-order chi connectivity index (χ0) is 13.9. The molecule has 0 amide bonds. The fourth-order valence-electron chi connectivity index (χ4n) is 1.42. The Hall–Kier alpha value is -1.84. The van der Waals surface area contributed by atoms with Gasteiger partial charge in [0.25, 0.3) is 0 Å². The SMILES string of the molecule is COC(=O)c1ccc(C)c(C(=O)OC(C)(C)C)c1. The molecule has 1 aromatic carbocycles. The second-order valence-corrected chi connectivity index (χ2v) is 5.02. The van der Waals surface area contributed by atoms with E-state index < -0.39 is 17.5 Å². The van der Waals surface area contributed by atoms with Gasteiger partial charge in [0.1, 0.15) is 5.60 Å². The Kier molecular flexibility index (Phi) is 4.11. The van der Waals surface area contributed by atoms with Gasteiger partial charge >= 0.3 is 11.9 Å². The zero-order valence-corrected chi connectivity index (χ0v) is 11.4. The molecule has 0 radical (unpaired) electrons. The van der Waals surface area contributed by atoms with Gasteiger partial charge in [0.15, 0.2) is 0 Å². The normalized spacial score (nSPS) is 10.9. The standard InChI is InChI=1S/C14H18O4/c1-9-6-7-10(12(15)17-5)8-11(9)13(16)18-14(2,3)4/h6-8H,1-5H3. The van der Waals surface area contributed by atoms with Crippen molar-refractivity contribution >= 4 is 11.9 Å². The molecule has 0 aromatic heterocycles. The summed E-state index contributed by atoms with van der Waals surface area (Å²) in [5.41, 5.74) is 0.916. The molecule has 1 aromatic rings. The molecule has 1 rings (SSSR count). The molecule has 0 saturated heterocycles. The lowest BCUT2D eigenvalue weighted by molar-refractivity contribution is 0.00687. The van der Waals surface area contributed by atoms with Crippen LogP contribution in [0.2, 0.25) is 0 Å². The van der Waals surface area contributed by atoms with E-state index in [1.165, 1.54) is 13.2 Å². The Morgan fingerprint density at radius 3 is 2.22 bits per heavy atom. The molecular weight excluding hydrogens is 232 g/mol. The number of esters is 2. The summed E-state index contributed by atoms with van der Waals surface area (Å²) in [7, 11) is 1.30. The lowest BCUT2D eigenvalue weighted by atomic mass is 10.0. The van der Waals surface area contributed by atoms with E-state index in [-0.39, 0.29) is 0 Å². The average molecular weight is 250 g/mol. The number of carbonyl (C=O) groups excluding carboxylic acids is 2. The van der Waals surface area contributed by atoms with Crippen LogP contribution in [-0.2, 0) is 9.47 Å². The molecule has 98 valence electrons. The summed E-state index contributed by atoms with van der Waals surface area (Å²) < 4.78 is 9.90. The minimum Gasteiger partial charge on any atom is -0.465 e. The van der Waals surface area contributed by atoms with Gasteiger partial charge in [-0.3, -0.25) is 0 Å². The molecule has 0 saturated carbocycles. The van der Waals surface area contributed by atoms with Gasteiger partial charge in [-0.1, -0.05) is 6.07 Å². The number of methoxy groups -OCH3 is 1. The van der Waals surface area contributed by atoms with E-state index in [1.807, 2.05) is 0 Å². The molecule has 0 bridgehead atoms. The maximum atomic E-state index is 12.0. The van der Waals surface area contributed by atoms with Crippen LogP contribution in [0.5, 0.6) is 0 Å². The maximum Gasteiger partial charge on any atom is 0.338 e. The molecule has 0 aliphatic rings. The molecule has 0 aliphatic carbocycles. The smallest absolute Gasteiger partial charge is 0.338 e. The van der Waals surface area contributed by atoms with Crippen LogP contribution in [0.3, 0.4) is 0 Å². The lowest BCUT2D eigenvalue weighted by Gasteiger charge is -2.20. The Balaban J connectivity index is 3.08. The Morgan fingerprint density at radius 2 is 1.72 bits per heavy atom. The lowest BCUT2D eigenvalue weighted by Crippen LogP contribution is -2.24. The van der Waals surface area contributed by atoms with Crippen LogP contribution in [0.25, 0.3) is 0 Å². The second-order valence-electron chi connectivity index (χ2n) is 5.02. The van der Waals surface area contributed by atoms with Crippen molar-refractivity contribution in [3.63, 3.8) is 0 Å². The van der Waals surface area contributed by atoms with Gasteiger partial charge in [0.05, 0.1) is 18.2 Å². The molecule has 0 aliphatic heterocycles. The summed E-state index contributed by atoms with van der Waals surface area (Å²) >= 11 is 0. The van der Waals surface area contributed by atoms with Crippen molar-refractivity contribution in [3.8, 4) is 0 Å². The number of hydrogen-bond donors (Lipinski definition) is 0. The van der Waals surface area contributed by atoms with Gasteiger partial charge in [-0.05, 0) is 45.4 Å². The average Bonchev–Trinajstić information content (AvgIpc) is 2.26. The summed E-state index contributed by atoms with van der Waals surface area (Å²) in [6.45, 7) is 7.18. The van der Waals surface area contributed by atoms with Gasteiger partial charge in [-0.25, -0.2) is 9.59 Å². The van der Waals surface area contributed by atoms with Gasteiger partial charge in [0, 0.05) is 0 Å². The van der Waals surface area contributed by atoms with E-state index >= 15 is 0 Å². The topological polar surface area (TPSA) is 52.6 Å². The van der Waals surface area contributed by atoms with Crippen LogP contribution < -0.4 is 0 Å². The van der Waals surface area contributed by atoms with E-state index in [2.05, 4.69) is 4.74 Å². The molecule has 0 atom stereocenters. The third-order valence-electron chi connectivity index (χ3n) is 2.28. The first kappa shape index (κ1) is 14.2. The van der Waals surface area contributed by atoms with Crippen molar-refractivity contribution in [3.05, 3.63) is 34.9 Å². The fourth-order valence-corrected chi connectivity index (χ4v) is 1.42. The predicted molar refractivity (Wildman–Crippen MR) is 67.7 cm³/mol. The molecule has 0 fully saturated rings. The first-order valence-electron chi connectivity index (χ1n) is 5.67. The highest BCUT2D eigenvalue weighted by atomic mass is 16.6. The van der Waals surface area contributed by atoms with Crippen LogP contribution in [0, 0.1) is 6.92 Å². The van der Waals surface area contributed by atoms with Crippen molar-refractivity contribution in [2.24, 2.45) is 0 Å². The van der Waals surface area contributed by atoms with Crippen molar-refractivity contribution in [2.45, 2.75) is 33.3 Å². The second kappa shape index (κ2) is 5.21. The quantitative estimate of drug-likeness (QED) is 0.757. The van der Waals surface area contributed by atoms with Crippen LogP contribution in [0.15, 0.2) is 18.2 Å². The Morgan fingerprint density at radius 1 is 1.11 bits per heavy atom. The molecule has 0 unspecified atom stereocenters. The third kappa shape index (κ3) is 3.58. The molecule has 0 spiro atoms. The zero-order valence-electron chi connectivity index (χ0n) is 11.4. The summed E-state index contributed by atoms with van der Waals surface area (Å²) in [6.07, 6.45) is 0. The number of rotatable bonds is 2. The van der Waals surface area contributed by atoms with E-state index in [9.17, 15) is 9.59 Å². The Bertz CT molecular complexity index is 469. The summed E-state index contributed by atoms with van der Waals surface area (Å²) in [4.78, 5) is 23.4. The van der Waals surface area contributed by atoms with Gasteiger partial charge in [-0.15, -0.1) is 0 Å². The van der Waals surface area contributed by atoms with Crippen LogP contribution in [0.1, 0.15) is 47.1 Å². The van der Waals surface area contributed by atoms with E-state index in [1.54, 1.807) is 39.8 Å². The van der Waals surface area contributed by atoms with Gasteiger partial charge in [-0.2, -0.15) is 0 Å².